The van der Waals surface area contributed by atoms with Crippen LogP contribution in [-0.4, -0.2) is 53.7 Å². The van der Waals surface area contributed by atoms with Gasteiger partial charge in [0, 0.05) is 31.3 Å². The van der Waals surface area contributed by atoms with E-state index in [0.717, 1.165) is 25.8 Å². The lowest BCUT2D eigenvalue weighted by Crippen LogP contribution is -2.53. The number of halogens is 3. The standard InChI is InChI=1S/C27H37F3N6O2/c1-26(12-18-7-4-8-19(13-26)23(18)32-10-5-11-37)17-35-24-21(14-31)16-34-25(36-24)33-15-20-6-2-3-9-22(20)38-27(28,29)30/h6,9,16,18-19,23,32,37H,2-5,7-8,10-13,15,17H2,1H3,(H2,33,34,35,36)/t18-,19+,23-,26?. The molecule has 4 rings (SSSR count). The van der Waals surface area contributed by atoms with Gasteiger partial charge < -0.3 is 25.8 Å². The number of rotatable bonds is 11. The number of aliphatic hydroxyl groups excluding tert-OH is 1. The fourth-order valence-corrected chi connectivity index (χ4v) is 6.27. The number of nitrogens with zero attached hydrogens (tertiary/aromatic N) is 3. The quantitative estimate of drug-likeness (QED) is 0.297. The molecule has 4 N–H and O–H groups in total. The average Bonchev–Trinajstić information content (AvgIpc) is 2.87. The van der Waals surface area contributed by atoms with Gasteiger partial charge in [-0.25, -0.2) is 4.98 Å². The number of fused-ring (bicyclic) bond motifs is 2. The Kier molecular flexibility index (Phi) is 9.15. The highest BCUT2D eigenvalue weighted by atomic mass is 19.4. The summed E-state index contributed by atoms with van der Waals surface area (Å²) in [6.07, 6.45) is 7.45. The summed E-state index contributed by atoms with van der Waals surface area (Å²) in [7, 11) is 0. The van der Waals surface area contributed by atoms with Crippen LogP contribution in [0.3, 0.4) is 0 Å². The lowest BCUT2D eigenvalue weighted by molar-refractivity contribution is -0.304. The first kappa shape index (κ1) is 28.2. The summed E-state index contributed by atoms with van der Waals surface area (Å²) in [5, 5.41) is 28.8. The van der Waals surface area contributed by atoms with Gasteiger partial charge in [-0.05, 0) is 74.8 Å². The molecular weight excluding hydrogens is 497 g/mol. The number of hydrogen-bond acceptors (Lipinski definition) is 8. The van der Waals surface area contributed by atoms with Gasteiger partial charge in [0.1, 0.15) is 23.2 Å². The molecule has 2 fully saturated rings. The SMILES string of the molecule is CC1(CNc2nc(NCC3=CCCC=C3OC(F)(F)F)ncc2C#N)C[C@H]2CCC[C@@H](C1)[C@@H]2NCCCO. The molecule has 11 heteroatoms. The summed E-state index contributed by atoms with van der Waals surface area (Å²) in [6.45, 7) is 4.04. The Labute approximate surface area is 221 Å². The fourth-order valence-electron chi connectivity index (χ4n) is 6.27. The van der Waals surface area contributed by atoms with E-state index in [1.807, 2.05) is 0 Å². The maximum atomic E-state index is 12.8. The fraction of sp³-hybridized carbons (Fsp3) is 0.667. The number of anilines is 2. The summed E-state index contributed by atoms with van der Waals surface area (Å²) >= 11 is 0. The van der Waals surface area contributed by atoms with E-state index >= 15 is 0 Å². The van der Waals surface area contributed by atoms with Crippen molar-refractivity contribution in [3.8, 4) is 6.07 Å². The van der Waals surface area contributed by atoms with E-state index < -0.39 is 6.36 Å². The molecule has 1 heterocycles. The second-order valence-corrected chi connectivity index (χ2v) is 10.9. The first-order valence-electron chi connectivity index (χ1n) is 13.4. The molecule has 2 saturated carbocycles. The normalized spacial score (nSPS) is 27.1. The number of nitrogens with one attached hydrogen (secondary N) is 3. The third kappa shape index (κ3) is 7.38. The number of nitriles is 1. The van der Waals surface area contributed by atoms with E-state index in [0.29, 0.717) is 54.2 Å². The molecule has 4 atom stereocenters. The van der Waals surface area contributed by atoms with Crippen LogP contribution >= 0.6 is 0 Å². The molecule has 2 bridgehead atoms. The van der Waals surface area contributed by atoms with E-state index in [4.69, 9.17) is 5.11 Å². The lowest BCUT2D eigenvalue weighted by Gasteiger charge is -2.51. The van der Waals surface area contributed by atoms with Crippen LogP contribution in [0.1, 0.15) is 63.9 Å². The Hall–Kier alpha value is -2.84. The number of hydrogen-bond donors (Lipinski definition) is 4. The van der Waals surface area contributed by atoms with Crippen LogP contribution in [0.2, 0.25) is 0 Å². The molecule has 208 valence electrons. The van der Waals surface area contributed by atoms with E-state index in [1.54, 1.807) is 6.08 Å². The van der Waals surface area contributed by atoms with E-state index in [2.05, 4.69) is 43.6 Å². The molecule has 0 aromatic carbocycles. The van der Waals surface area contributed by atoms with Gasteiger partial charge in [-0.15, -0.1) is 13.2 Å². The van der Waals surface area contributed by atoms with Gasteiger partial charge in [-0.3, -0.25) is 0 Å². The highest BCUT2D eigenvalue weighted by Gasteiger charge is 2.45. The third-order valence-electron chi connectivity index (χ3n) is 7.85. The van der Waals surface area contributed by atoms with Gasteiger partial charge in [0.15, 0.2) is 0 Å². The highest BCUT2D eigenvalue weighted by molar-refractivity contribution is 5.54. The molecule has 3 aliphatic carbocycles. The Morgan fingerprint density at radius 2 is 1.92 bits per heavy atom. The second kappa shape index (κ2) is 12.3. The molecule has 3 aliphatic rings. The second-order valence-electron chi connectivity index (χ2n) is 10.9. The van der Waals surface area contributed by atoms with Crippen molar-refractivity contribution in [2.45, 2.75) is 70.7 Å². The van der Waals surface area contributed by atoms with Gasteiger partial charge in [-0.1, -0.05) is 19.4 Å². The summed E-state index contributed by atoms with van der Waals surface area (Å²) in [5.41, 5.74) is 0.744. The molecular formula is C27H37F3N6O2. The van der Waals surface area contributed by atoms with Gasteiger partial charge in [0.25, 0.3) is 0 Å². The molecule has 38 heavy (non-hydrogen) atoms. The van der Waals surface area contributed by atoms with Crippen molar-refractivity contribution in [1.82, 2.24) is 15.3 Å². The van der Waals surface area contributed by atoms with Crippen LogP contribution in [-0.2, 0) is 4.74 Å². The van der Waals surface area contributed by atoms with E-state index in [1.165, 1.54) is 31.5 Å². The van der Waals surface area contributed by atoms with Gasteiger partial charge in [0.05, 0.1) is 6.20 Å². The maximum Gasteiger partial charge on any atom is 0.573 e. The van der Waals surface area contributed by atoms with Gasteiger partial charge in [0.2, 0.25) is 5.95 Å². The predicted octanol–water partition coefficient (Wildman–Crippen LogP) is 4.87. The Morgan fingerprint density at radius 1 is 1.18 bits per heavy atom. The molecule has 1 aromatic rings. The minimum Gasteiger partial charge on any atom is -0.406 e. The summed E-state index contributed by atoms with van der Waals surface area (Å²) in [5.74, 6) is 1.60. The zero-order chi connectivity index (χ0) is 27.2. The number of ether oxygens (including phenoxy) is 1. The zero-order valence-electron chi connectivity index (χ0n) is 21.8. The van der Waals surface area contributed by atoms with Crippen molar-refractivity contribution in [1.29, 1.82) is 5.26 Å². The monoisotopic (exact) mass is 534 g/mol. The van der Waals surface area contributed by atoms with Crippen LogP contribution in [0.25, 0.3) is 0 Å². The zero-order valence-corrected chi connectivity index (χ0v) is 21.8. The van der Waals surface area contributed by atoms with Crippen LogP contribution in [0.4, 0.5) is 24.9 Å². The van der Waals surface area contributed by atoms with Gasteiger partial charge >= 0.3 is 6.36 Å². The smallest absolute Gasteiger partial charge is 0.406 e. The number of allylic oxidation sites excluding steroid dienone is 2. The Balaban J connectivity index is 1.38. The molecule has 0 saturated heterocycles. The summed E-state index contributed by atoms with van der Waals surface area (Å²) in [4.78, 5) is 8.66. The van der Waals surface area contributed by atoms with Gasteiger partial charge in [-0.2, -0.15) is 10.2 Å². The minimum absolute atomic E-state index is 0.0394. The average molecular weight is 535 g/mol. The summed E-state index contributed by atoms with van der Waals surface area (Å²) in [6, 6.07) is 2.61. The number of aliphatic hydroxyl groups is 1. The first-order valence-corrected chi connectivity index (χ1v) is 13.4. The highest BCUT2D eigenvalue weighted by Crippen LogP contribution is 2.49. The van der Waals surface area contributed by atoms with Crippen LogP contribution in [0.15, 0.2) is 29.7 Å². The van der Waals surface area contributed by atoms with Crippen molar-refractivity contribution in [2.24, 2.45) is 17.3 Å². The summed E-state index contributed by atoms with van der Waals surface area (Å²) < 4.78 is 42.4. The first-order chi connectivity index (χ1) is 18.2. The molecule has 8 nitrogen and oxygen atoms in total. The largest absolute Gasteiger partial charge is 0.573 e. The Bertz CT molecular complexity index is 1050. The van der Waals surface area contributed by atoms with E-state index in [-0.39, 0.29) is 30.3 Å². The number of alkyl halides is 3. The molecule has 0 aliphatic heterocycles. The molecule has 0 amide bonds. The van der Waals surface area contributed by atoms with Crippen LogP contribution in [0.5, 0.6) is 0 Å². The van der Waals surface area contributed by atoms with Crippen LogP contribution < -0.4 is 16.0 Å². The predicted molar refractivity (Wildman–Crippen MR) is 138 cm³/mol. The maximum absolute atomic E-state index is 12.8. The van der Waals surface area contributed by atoms with Crippen molar-refractivity contribution in [3.63, 3.8) is 0 Å². The molecule has 1 unspecified atom stereocenters. The third-order valence-corrected chi connectivity index (χ3v) is 7.85. The van der Waals surface area contributed by atoms with Crippen molar-refractivity contribution in [2.75, 3.05) is 36.9 Å². The molecule has 0 radical (unpaired) electrons. The van der Waals surface area contributed by atoms with Crippen LogP contribution in [0, 0.1) is 28.6 Å². The lowest BCUT2D eigenvalue weighted by atomic mass is 9.59. The molecule has 0 spiro atoms. The van der Waals surface area contributed by atoms with Crippen molar-refractivity contribution in [3.05, 3.63) is 35.2 Å². The van der Waals surface area contributed by atoms with Crippen molar-refractivity contribution >= 4 is 11.8 Å². The van der Waals surface area contributed by atoms with E-state index in [9.17, 15) is 18.4 Å². The topological polar surface area (TPSA) is 115 Å². The minimum atomic E-state index is -4.76. The number of aromatic nitrogens is 2. The van der Waals surface area contributed by atoms with Crippen molar-refractivity contribution < 1.29 is 23.0 Å². The Morgan fingerprint density at radius 3 is 2.61 bits per heavy atom. The molecule has 1 aromatic heterocycles.